The molecular weight excluding hydrogens is 268 g/mol. The predicted octanol–water partition coefficient (Wildman–Crippen LogP) is 1.83. The molecular formula is C15H18N4O2. The highest BCUT2D eigenvalue weighted by Gasteiger charge is 2.45. The minimum absolute atomic E-state index is 0.358. The lowest BCUT2D eigenvalue weighted by atomic mass is 9.69. The number of aryl methyl sites for hydroxylation is 1. The van der Waals surface area contributed by atoms with Crippen LogP contribution in [0, 0.1) is 12.3 Å². The van der Waals surface area contributed by atoms with Crippen LogP contribution in [0.1, 0.15) is 36.2 Å². The highest BCUT2D eigenvalue weighted by Crippen LogP contribution is 2.42. The molecule has 1 N–H and O–H groups in total. The van der Waals surface area contributed by atoms with E-state index in [-0.39, 0.29) is 0 Å². The van der Waals surface area contributed by atoms with E-state index in [1.165, 1.54) is 5.56 Å². The van der Waals surface area contributed by atoms with Crippen molar-refractivity contribution in [3.63, 3.8) is 0 Å². The number of carboxylic acids is 1. The van der Waals surface area contributed by atoms with Crippen molar-refractivity contribution in [2.75, 3.05) is 0 Å². The third kappa shape index (κ3) is 2.53. The third-order valence-corrected chi connectivity index (χ3v) is 4.43. The van der Waals surface area contributed by atoms with Crippen LogP contribution in [0.5, 0.6) is 0 Å². The van der Waals surface area contributed by atoms with Crippen molar-refractivity contribution < 1.29 is 9.90 Å². The maximum Gasteiger partial charge on any atom is 0.311 e. The quantitative estimate of drug-likeness (QED) is 0.906. The lowest BCUT2D eigenvalue weighted by Crippen LogP contribution is -2.42. The number of aromatic nitrogens is 4. The zero-order valence-corrected chi connectivity index (χ0v) is 12.0. The second kappa shape index (κ2) is 5.27. The average Bonchev–Trinajstić information content (AvgIpc) is 2.83. The van der Waals surface area contributed by atoms with Gasteiger partial charge < -0.3 is 5.11 Å². The van der Waals surface area contributed by atoms with Gasteiger partial charge >= 0.3 is 5.97 Å². The van der Waals surface area contributed by atoms with E-state index in [9.17, 15) is 9.90 Å². The number of rotatable bonds is 5. The Bertz CT molecular complexity index is 661. The number of carboxylic acid groups (broad SMARTS) is 1. The van der Waals surface area contributed by atoms with E-state index < -0.39 is 11.4 Å². The number of tetrazole rings is 1. The molecule has 0 amide bonds. The molecule has 0 unspecified atom stereocenters. The van der Waals surface area contributed by atoms with Gasteiger partial charge in [0, 0.05) is 6.42 Å². The molecule has 6 heteroatoms. The zero-order chi connectivity index (χ0) is 14.9. The van der Waals surface area contributed by atoms with Crippen LogP contribution in [0.25, 0.3) is 0 Å². The monoisotopic (exact) mass is 286 g/mol. The van der Waals surface area contributed by atoms with Crippen LogP contribution < -0.4 is 0 Å². The topological polar surface area (TPSA) is 80.9 Å². The van der Waals surface area contributed by atoms with Crippen molar-refractivity contribution in [2.45, 2.75) is 39.2 Å². The molecule has 21 heavy (non-hydrogen) atoms. The molecule has 1 aromatic carbocycles. The number of nitrogens with zero attached hydrogens (tertiary/aromatic N) is 4. The van der Waals surface area contributed by atoms with Gasteiger partial charge in [0.2, 0.25) is 0 Å². The zero-order valence-electron chi connectivity index (χ0n) is 12.0. The summed E-state index contributed by atoms with van der Waals surface area (Å²) in [5.74, 6) is -0.0251. The Morgan fingerprint density at radius 3 is 2.76 bits per heavy atom. The van der Waals surface area contributed by atoms with Gasteiger partial charge in [0.05, 0.1) is 12.0 Å². The Hall–Kier alpha value is -2.24. The van der Waals surface area contributed by atoms with Crippen molar-refractivity contribution in [1.29, 1.82) is 0 Å². The lowest BCUT2D eigenvalue weighted by molar-refractivity contribution is -0.156. The standard InChI is InChI=1S/C15H18N4O2/c1-11-5-2-3-6-12(11)9-13-16-17-18-19(13)10-15(14(20)21)7-4-8-15/h2-3,5-6H,4,7-10H2,1H3,(H,20,21). The van der Waals surface area contributed by atoms with E-state index in [0.717, 1.165) is 17.8 Å². The third-order valence-electron chi connectivity index (χ3n) is 4.43. The Labute approximate surface area is 122 Å². The minimum atomic E-state index is -0.744. The first-order valence-electron chi connectivity index (χ1n) is 7.14. The summed E-state index contributed by atoms with van der Waals surface area (Å²) in [4.78, 5) is 11.5. The van der Waals surface area contributed by atoms with Crippen LogP contribution in [-0.4, -0.2) is 31.3 Å². The summed E-state index contributed by atoms with van der Waals surface area (Å²) < 4.78 is 1.65. The van der Waals surface area contributed by atoms with Gasteiger partial charge in [0.1, 0.15) is 0 Å². The first kappa shape index (κ1) is 13.7. The van der Waals surface area contributed by atoms with Crippen LogP contribution in [-0.2, 0) is 17.8 Å². The van der Waals surface area contributed by atoms with Crippen LogP contribution in [0.2, 0.25) is 0 Å². The normalized spacial score (nSPS) is 16.4. The fraction of sp³-hybridized carbons (Fsp3) is 0.467. The molecule has 2 aromatic rings. The van der Waals surface area contributed by atoms with Gasteiger partial charge in [-0.3, -0.25) is 4.79 Å². The summed E-state index contributed by atoms with van der Waals surface area (Å²) in [5.41, 5.74) is 1.66. The van der Waals surface area contributed by atoms with Gasteiger partial charge in [0.15, 0.2) is 5.82 Å². The van der Waals surface area contributed by atoms with Gasteiger partial charge in [-0.1, -0.05) is 30.7 Å². The smallest absolute Gasteiger partial charge is 0.311 e. The summed E-state index contributed by atoms with van der Waals surface area (Å²) in [6, 6.07) is 8.08. The van der Waals surface area contributed by atoms with Crippen molar-refractivity contribution in [1.82, 2.24) is 20.2 Å². The average molecular weight is 286 g/mol. The van der Waals surface area contributed by atoms with Gasteiger partial charge in [-0.2, -0.15) is 0 Å². The van der Waals surface area contributed by atoms with Crippen molar-refractivity contribution in [2.24, 2.45) is 5.41 Å². The maximum atomic E-state index is 11.5. The number of hydrogen-bond donors (Lipinski definition) is 1. The summed E-state index contributed by atoms with van der Waals surface area (Å²) in [7, 11) is 0. The summed E-state index contributed by atoms with van der Waals surface area (Å²) in [6.45, 7) is 2.41. The molecule has 1 aliphatic rings. The number of aliphatic carboxylic acids is 1. The second-order valence-corrected chi connectivity index (χ2v) is 5.80. The first-order chi connectivity index (χ1) is 10.1. The van der Waals surface area contributed by atoms with E-state index >= 15 is 0 Å². The predicted molar refractivity (Wildman–Crippen MR) is 75.7 cm³/mol. The fourth-order valence-electron chi connectivity index (χ4n) is 2.78. The van der Waals surface area contributed by atoms with Gasteiger partial charge in [-0.05, 0) is 41.3 Å². The van der Waals surface area contributed by atoms with Crippen molar-refractivity contribution in [3.8, 4) is 0 Å². The molecule has 1 fully saturated rings. The highest BCUT2D eigenvalue weighted by atomic mass is 16.4. The summed E-state index contributed by atoms with van der Waals surface area (Å²) >= 11 is 0. The molecule has 1 aliphatic carbocycles. The van der Waals surface area contributed by atoms with Crippen molar-refractivity contribution in [3.05, 3.63) is 41.2 Å². The van der Waals surface area contributed by atoms with Crippen LogP contribution >= 0.6 is 0 Å². The second-order valence-electron chi connectivity index (χ2n) is 5.80. The van der Waals surface area contributed by atoms with Crippen LogP contribution in [0.15, 0.2) is 24.3 Å². The van der Waals surface area contributed by atoms with Gasteiger partial charge in [-0.15, -0.1) is 5.10 Å². The molecule has 0 radical (unpaired) electrons. The van der Waals surface area contributed by atoms with Crippen LogP contribution in [0.4, 0.5) is 0 Å². The molecule has 0 aliphatic heterocycles. The Morgan fingerprint density at radius 1 is 1.38 bits per heavy atom. The molecule has 3 rings (SSSR count). The Kier molecular flexibility index (Phi) is 3.45. The van der Waals surface area contributed by atoms with E-state index in [0.29, 0.717) is 25.8 Å². The molecule has 0 bridgehead atoms. The minimum Gasteiger partial charge on any atom is -0.481 e. The number of hydrogen-bond acceptors (Lipinski definition) is 4. The summed E-state index contributed by atoms with van der Waals surface area (Å²) in [5, 5.41) is 21.2. The first-order valence-corrected chi connectivity index (χ1v) is 7.14. The number of carbonyl (C=O) groups is 1. The fourth-order valence-corrected chi connectivity index (χ4v) is 2.78. The van der Waals surface area contributed by atoms with E-state index in [2.05, 4.69) is 15.5 Å². The van der Waals surface area contributed by atoms with Gasteiger partial charge in [-0.25, -0.2) is 4.68 Å². The summed E-state index contributed by atoms with van der Waals surface area (Å²) in [6.07, 6.45) is 2.98. The SMILES string of the molecule is Cc1ccccc1Cc1nnnn1CC1(C(=O)O)CCC1. The van der Waals surface area contributed by atoms with E-state index in [1.807, 2.05) is 31.2 Å². The van der Waals surface area contributed by atoms with Crippen LogP contribution in [0.3, 0.4) is 0 Å². The molecule has 0 atom stereocenters. The van der Waals surface area contributed by atoms with Crippen molar-refractivity contribution >= 4 is 5.97 Å². The molecule has 0 saturated heterocycles. The molecule has 6 nitrogen and oxygen atoms in total. The lowest BCUT2D eigenvalue weighted by Gasteiger charge is -2.37. The molecule has 0 spiro atoms. The van der Waals surface area contributed by atoms with E-state index in [1.54, 1.807) is 4.68 Å². The van der Waals surface area contributed by atoms with Gasteiger partial charge in [0.25, 0.3) is 0 Å². The number of benzene rings is 1. The molecule has 1 heterocycles. The highest BCUT2D eigenvalue weighted by molar-refractivity contribution is 5.75. The molecule has 110 valence electrons. The maximum absolute atomic E-state index is 11.5. The largest absolute Gasteiger partial charge is 0.481 e. The Morgan fingerprint density at radius 2 is 2.14 bits per heavy atom. The molecule has 1 aromatic heterocycles. The molecule has 1 saturated carbocycles. The van der Waals surface area contributed by atoms with E-state index in [4.69, 9.17) is 0 Å². The Balaban J connectivity index is 1.82.